The fourth-order valence-corrected chi connectivity index (χ4v) is 5.25. The van der Waals surface area contributed by atoms with Crippen molar-refractivity contribution >= 4 is 14.3 Å². The maximum Gasteiger partial charge on any atom is 0.298 e. The molecule has 1 unspecified atom stereocenters. The molecule has 0 N–H and O–H groups in total. The van der Waals surface area contributed by atoms with Crippen LogP contribution in [0.15, 0.2) is 30.3 Å². The standard InChI is InChI=1S/C18H30O2Si/c1-6-18(5,15-16-13-11-10-12-14-16)17(19)20-21(7-2,8-3)9-4/h10-14H,6-9,15H2,1-5H3. The Balaban J connectivity index is 2.89. The van der Waals surface area contributed by atoms with Gasteiger partial charge in [0.1, 0.15) is 0 Å². The highest BCUT2D eigenvalue weighted by Crippen LogP contribution is 2.32. The van der Waals surface area contributed by atoms with E-state index in [-0.39, 0.29) is 5.97 Å². The molecule has 0 aliphatic rings. The number of hydrogen-bond acceptors (Lipinski definition) is 2. The largest absolute Gasteiger partial charge is 0.519 e. The molecule has 0 radical (unpaired) electrons. The van der Waals surface area contributed by atoms with Gasteiger partial charge in [-0.3, -0.25) is 4.79 Å². The molecule has 0 aromatic heterocycles. The predicted octanol–water partition coefficient (Wildman–Crippen LogP) is 5.19. The van der Waals surface area contributed by atoms with Gasteiger partial charge in [-0.15, -0.1) is 0 Å². The van der Waals surface area contributed by atoms with Crippen LogP contribution in [-0.2, 0) is 15.6 Å². The first-order valence-electron chi connectivity index (χ1n) is 8.22. The van der Waals surface area contributed by atoms with E-state index in [0.717, 1.165) is 31.0 Å². The van der Waals surface area contributed by atoms with Gasteiger partial charge in [-0.1, -0.05) is 58.0 Å². The molecule has 0 fully saturated rings. The predicted molar refractivity (Wildman–Crippen MR) is 91.8 cm³/mol. The molecule has 0 aliphatic carbocycles. The van der Waals surface area contributed by atoms with Crippen LogP contribution in [0.1, 0.15) is 46.6 Å². The third kappa shape index (κ3) is 4.44. The van der Waals surface area contributed by atoms with Crippen LogP contribution in [0.25, 0.3) is 0 Å². The first kappa shape index (κ1) is 18.0. The van der Waals surface area contributed by atoms with Gasteiger partial charge in [0.05, 0.1) is 5.41 Å². The van der Waals surface area contributed by atoms with Gasteiger partial charge in [0.2, 0.25) is 0 Å². The molecule has 1 atom stereocenters. The second-order valence-electron chi connectivity index (χ2n) is 6.21. The lowest BCUT2D eigenvalue weighted by Crippen LogP contribution is -2.44. The molecule has 1 rings (SSSR count). The summed E-state index contributed by atoms with van der Waals surface area (Å²) in [6, 6.07) is 13.3. The van der Waals surface area contributed by atoms with Gasteiger partial charge in [-0.05, 0) is 43.5 Å². The Morgan fingerprint density at radius 2 is 1.57 bits per heavy atom. The minimum Gasteiger partial charge on any atom is -0.519 e. The SMILES string of the molecule is CCC(C)(Cc1ccccc1)C(=O)O[Si](CC)(CC)CC. The van der Waals surface area contributed by atoms with Crippen molar-refractivity contribution in [3.8, 4) is 0 Å². The van der Waals surface area contributed by atoms with Gasteiger partial charge in [-0.2, -0.15) is 0 Å². The monoisotopic (exact) mass is 306 g/mol. The second-order valence-corrected chi connectivity index (χ2v) is 10.9. The molecule has 0 heterocycles. The van der Waals surface area contributed by atoms with Gasteiger partial charge >= 0.3 is 0 Å². The summed E-state index contributed by atoms with van der Waals surface area (Å²) in [6.07, 6.45) is 1.56. The van der Waals surface area contributed by atoms with Crippen molar-refractivity contribution in [2.45, 2.75) is 65.6 Å². The van der Waals surface area contributed by atoms with Gasteiger partial charge in [0.15, 0.2) is 0 Å². The fourth-order valence-electron chi connectivity index (χ4n) is 2.67. The maximum absolute atomic E-state index is 12.8. The van der Waals surface area contributed by atoms with Crippen molar-refractivity contribution in [1.82, 2.24) is 0 Å². The lowest BCUT2D eigenvalue weighted by Gasteiger charge is -2.34. The van der Waals surface area contributed by atoms with Gasteiger partial charge < -0.3 is 4.43 Å². The normalized spacial score (nSPS) is 14.5. The lowest BCUT2D eigenvalue weighted by molar-refractivity contribution is -0.146. The summed E-state index contributed by atoms with van der Waals surface area (Å²) in [5, 5.41) is 0. The zero-order valence-corrected chi connectivity index (χ0v) is 15.2. The molecule has 3 heteroatoms. The van der Waals surface area contributed by atoms with Crippen molar-refractivity contribution in [3.63, 3.8) is 0 Å². The summed E-state index contributed by atoms with van der Waals surface area (Å²) in [6.45, 7) is 10.6. The minimum atomic E-state index is -1.87. The van der Waals surface area contributed by atoms with Crippen LogP contribution >= 0.6 is 0 Å². The van der Waals surface area contributed by atoms with E-state index in [9.17, 15) is 4.79 Å². The average molecular weight is 307 g/mol. The number of carbonyl (C=O) groups is 1. The first-order chi connectivity index (χ1) is 9.95. The number of hydrogen-bond donors (Lipinski definition) is 0. The van der Waals surface area contributed by atoms with E-state index in [4.69, 9.17) is 4.43 Å². The van der Waals surface area contributed by atoms with Crippen LogP contribution in [0.2, 0.25) is 18.1 Å². The van der Waals surface area contributed by atoms with Crippen LogP contribution in [-0.4, -0.2) is 14.3 Å². The Hall–Kier alpha value is -1.09. The molecule has 0 saturated heterocycles. The van der Waals surface area contributed by atoms with Crippen LogP contribution in [0.5, 0.6) is 0 Å². The van der Waals surface area contributed by atoms with Crippen LogP contribution in [0, 0.1) is 5.41 Å². The highest BCUT2D eigenvalue weighted by atomic mass is 28.4. The number of benzene rings is 1. The second kappa shape index (κ2) is 7.78. The highest BCUT2D eigenvalue weighted by molar-refractivity contribution is 6.75. The van der Waals surface area contributed by atoms with Gasteiger partial charge in [-0.25, -0.2) is 0 Å². The van der Waals surface area contributed by atoms with Crippen LogP contribution in [0.4, 0.5) is 0 Å². The van der Waals surface area contributed by atoms with Gasteiger partial charge in [0, 0.05) is 0 Å². The summed E-state index contributed by atoms with van der Waals surface area (Å²) in [4.78, 5) is 12.8. The molecule has 0 bridgehead atoms. The van der Waals surface area contributed by atoms with E-state index in [1.54, 1.807) is 0 Å². The van der Waals surface area contributed by atoms with E-state index in [2.05, 4.69) is 39.8 Å². The summed E-state index contributed by atoms with van der Waals surface area (Å²) < 4.78 is 6.11. The zero-order chi connectivity index (χ0) is 15.9. The Morgan fingerprint density at radius 1 is 1.05 bits per heavy atom. The van der Waals surface area contributed by atoms with Crippen molar-refractivity contribution in [2.75, 3.05) is 0 Å². The summed E-state index contributed by atoms with van der Waals surface area (Å²) in [5.74, 6) is 0.00562. The average Bonchev–Trinajstić information content (AvgIpc) is 2.53. The summed E-state index contributed by atoms with van der Waals surface area (Å²) in [7, 11) is -1.87. The van der Waals surface area contributed by atoms with E-state index in [1.165, 1.54) is 5.56 Å². The number of carbonyl (C=O) groups excluding carboxylic acids is 1. The zero-order valence-electron chi connectivity index (χ0n) is 14.2. The molecule has 0 spiro atoms. The highest BCUT2D eigenvalue weighted by Gasteiger charge is 2.40. The fraction of sp³-hybridized carbons (Fsp3) is 0.611. The topological polar surface area (TPSA) is 26.3 Å². The molecule has 2 nitrogen and oxygen atoms in total. The molecular weight excluding hydrogens is 276 g/mol. The molecule has 21 heavy (non-hydrogen) atoms. The van der Waals surface area contributed by atoms with E-state index >= 15 is 0 Å². The molecule has 118 valence electrons. The van der Waals surface area contributed by atoms with Crippen molar-refractivity contribution in [2.24, 2.45) is 5.41 Å². The van der Waals surface area contributed by atoms with Crippen molar-refractivity contribution in [1.29, 1.82) is 0 Å². The first-order valence-corrected chi connectivity index (χ1v) is 10.8. The molecular formula is C18H30O2Si. The molecule has 0 amide bonds. The van der Waals surface area contributed by atoms with E-state index < -0.39 is 13.7 Å². The van der Waals surface area contributed by atoms with Crippen LogP contribution in [0.3, 0.4) is 0 Å². The molecule has 0 saturated carbocycles. The summed E-state index contributed by atoms with van der Waals surface area (Å²) in [5.41, 5.74) is 0.787. The smallest absolute Gasteiger partial charge is 0.298 e. The van der Waals surface area contributed by atoms with E-state index in [1.807, 2.05) is 25.1 Å². The number of rotatable bonds is 8. The molecule has 0 aliphatic heterocycles. The Morgan fingerprint density at radius 3 is 2.00 bits per heavy atom. The van der Waals surface area contributed by atoms with Crippen molar-refractivity contribution in [3.05, 3.63) is 35.9 Å². The van der Waals surface area contributed by atoms with Crippen LogP contribution < -0.4 is 0 Å². The summed E-state index contributed by atoms with van der Waals surface area (Å²) >= 11 is 0. The lowest BCUT2D eigenvalue weighted by atomic mass is 9.81. The van der Waals surface area contributed by atoms with E-state index in [0.29, 0.717) is 0 Å². The Labute approximate surface area is 131 Å². The molecule has 1 aromatic carbocycles. The molecule has 1 aromatic rings. The van der Waals surface area contributed by atoms with Crippen molar-refractivity contribution < 1.29 is 9.22 Å². The minimum absolute atomic E-state index is 0.00562. The van der Waals surface area contributed by atoms with Gasteiger partial charge in [0.25, 0.3) is 14.3 Å². The Bertz CT molecular complexity index is 432. The third-order valence-corrected chi connectivity index (χ3v) is 9.44. The third-order valence-electron chi connectivity index (χ3n) is 4.95. The quantitative estimate of drug-likeness (QED) is 0.617. The Kier molecular flexibility index (Phi) is 6.66. The maximum atomic E-state index is 12.8.